The molecule has 12 aromatic rings. The summed E-state index contributed by atoms with van der Waals surface area (Å²) in [5.74, 6) is -7.01. The standard InChI is InChI=1S/3C6H6N4S2.6C6H5NO2.12H2O.3Zn/c3*7-5-9-3(1-11-5)4-2-12-6(8)10-4;6*8-6(9)5-1-3-7-4-2-5;;;;;;;;;;;;;;;/h3*1-2H,(H2,7,9)(H2,8,10);6*1-4H,(H,8,9);12*1H2;;;/q;;;;;;;;;;;;;;;;;;;;;3*+2/p+2. The van der Waals surface area contributed by atoms with E-state index in [4.69, 9.17) is 34.4 Å². The van der Waals surface area contributed by atoms with Gasteiger partial charge in [-0.2, -0.15) is 0 Å². The van der Waals surface area contributed by atoms with Crippen LogP contribution < -0.4 is 65.0 Å². The summed E-state index contributed by atoms with van der Waals surface area (Å²) in [6.45, 7) is 0. The van der Waals surface area contributed by atoms with E-state index in [1.807, 2.05) is 32.3 Å². The minimum Gasteiger partial charge on any atom is -0.545 e. The minimum atomic E-state index is -1.17. The van der Waals surface area contributed by atoms with E-state index >= 15 is 0 Å². The van der Waals surface area contributed by atoms with Gasteiger partial charge in [-0.3, -0.25) is 29.9 Å². The number of carbonyl (C=O) groups excluding carboxylic acids is 6. The summed E-state index contributed by atoms with van der Waals surface area (Å²) in [6, 6.07) is 16.6. The predicted octanol–water partition coefficient (Wildman–Crippen LogP) is -9.72. The predicted molar refractivity (Wildman–Crippen MR) is 381 cm³/mol. The number of nitrogens with two attached hydrogens (primary N) is 6. The van der Waals surface area contributed by atoms with Gasteiger partial charge in [0, 0.05) is 140 Å². The first-order valence-electron chi connectivity index (χ1n) is 24.0. The number of pyridine rings is 6. The molecule has 0 aromatic carbocycles. The maximum Gasteiger partial charge on any atom is 2.00 e. The number of carboxylic acids is 6. The Morgan fingerprint density at radius 2 is 0.324 bits per heavy atom. The van der Waals surface area contributed by atoms with Gasteiger partial charge < -0.3 is 160 Å². The van der Waals surface area contributed by atoms with Crippen LogP contribution in [0.5, 0.6) is 0 Å². The summed E-state index contributed by atoms with van der Waals surface area (Å²) in [5.41, 5.74) is 38.6. The molecule has 12 heterocycles. The van der Waals surface area contributed by atoms with Gasteiger partial charge in [-0.25, -0.2) is 29.9 Å². The van der Waals surface area contributed by atoms with Crippen molar-refractivity contribution >= 4 is 135 Å². The zero-order valence-electron chi connectivity index (χ0n) is 54.2. The molecule has 0 aliphatic carbocycles. The van der Waals surface area contributed by atoms with Crippen LogP contribution in [0.15, 0.2) is 179 Å². The van der Waals surface area contributed by atoms with Crippen LogP contribution in [0, 0.1) is 0 Å². The number of thiazole rings is 6. The molecule has 0 unspecified atom stereocenters. The monoisotopic (exact) mass is 1740 g/mol. The molecule has 51 heteroatoms. The van der Waals surface area contributed by atoms with Gasteiger partial charge >= 0.3 is 58.4 Å². The third-order valence-electron chi connectivity index (χ3n) is 9.42. The fourth-order valence-electron chi connectivity index (χ4n) is 5.36. The second-order valence-corrected chi connectivity index (χ2v) is 20.9. The molecule has 0 fully saturated rings. The molecule has 0 aliphatic rings. The van der Waals surface area contributed by atoms with E-state index < -0.39 is 35.8 Å². The number of nitrogens with zero attached hydrogens (tertiary/aromatic N) is 12. The summed E-state index contributed by atoms with van der Waals surface area (Å²) >= 11 is 8.39. The Kier molecular flexibility index (Phi) is 77.5. The van der Waals surface area contributed by atoms with Gasteiger partial charge in [0.2, 0.25) is 0 Å². The molecular weight excluding hydrogens is 1670 g/mol. The number of rotatable bonds is 9. The molecule has 0 saturated heterocycles. The van der Waals surface area contributed by atoms with Gasteiger partial charge in [-0.1, -0.05) is 0 Å². The Labute approximate surface area is 654 Å². The van der Waals surface area contributed by atoms with Crippen molar-refractivity contribution in [3.05, 3.63) is 213 Å². The van der Waals surface area contributed by atoms with Crippen molar-refractivity contribution in [2.45, 2.75) is 0 Å². The second kappa shape index (κ2) is 66.9. The van der Waals surface area contributed by atoms with Crippen molar-refractivity contribution in [1.29, 1.82) is 0 Å². The number of carbonyl (C=O) groups is 6. The smallest absolute Gasteiger partial charge is 0.545 e. The van der Waals surface area contributed by atoms with Gasteiger partial charge in [-0.15, -0.1) is 68.0 Å². The molecule has 0 spiro atoms. The van der Waals surface area contributed by atoms with Crippen LogP contribution in [-0.4, -0.2) is 118 Å². The first-order chi connectivity index (χ1) is 43.1. The Morgan fingerprint density at radius 3 is 0.381 bits per heavy atom. The molecule has 12 aromatic heterocycles. The fourth-order valence-corrected chi connectivity index (χ4v) is 8.70. The number of aromatic carboxylic acids is 6. The fraction of sp³-hybridized carbons (Fsp3) is 0. The van der Waals surface area contributed by atoms with Crippen LogP contribution in [-0.2, 0) is 102 Å². The average molecular weight is 1750 g/mol. The molecular formula is C54H74N18O24S6Zn3+8. The Balaban J connectivity index is -0.0000000913. The third-order valence-corrected chi connectivity index (χ3v) is 13.5. The molecule has 0 saturated carbocycles. The maximum absolute atomic E-state index is 10.1. The number of nitrogen functional groups attached to an aromatic ring is 6. The van der Waals surface area contributed by atoms with Gasteiger partial charge in [0.1, 0.15) is 34.2 Å². The molecule has 0 aliphatic heterocycles. The quantitative estimate of drug-likeness (QED) is 0.0577. The van der Waals surface area contributed by atoms with Gasteiger partial charge in [0.15, 0.2) is 30.8 Å². The summed E-state index contributed by atoms with van der Waals surface area (Å²) in [4.78, 5) is 107. The van der Waals surface area contributed by atoms with Crippen molar-refractivity contribution in [2.75, 3.05) is 34.4 Å². The average Bonchev–Trinajstić information content (AvgIpc) is 1.73. The van der Waals surface area contributed by atoms with Crippen molar-refractivity contribution in [1.82, 2.24) is 59.8 Å². The molecule has 0 radical (unpaired) electrons. The van der Waals surface area contributed by atoms with Gasteiger partial charge in [0.05, 0.1) is 35.8 Å². The Hall–Kier alpha value is -10.3. The van der Waals surface area contributed by atoms with Crippen molar-refractivity contribution < 1.29 is 184 Å². The molecule has 0 atom stereocenters. The molecule has 12 rings (SSSR count). The van der Waals surface area contributed by atoms with Gasteiger partial charge in [-0.05, 0) is 72.8 Å². The summed E-state index contributed by atoms with van der Waals surface area (Å²) < 4.78 is 0. The maximum atomic E-state index is 10.1. The van der Waals surface area contributed by atoms with E-state index in [1.54, 1.807) is 0 Å². The number of hydrogen-bond donors (Lipinski definition) is 6. The number of hydrogen-bond acceptors (Lipinski definition) is 36. The number of aromatic nitrogens is 12. The largest absolute Gasteiger partial charge is 2.00 e. The Bertz CT molecular complexity index is 3460. The molecule has 44 N–H and O–H groups in total. The molecule has 42 nitrogen and oxygen atoms in total. The van der Waals surface area contributed by atoms with Crippen LogP contribution in [0.1, 0.15) is 62.1 Å². The van der Waals surface area contributed by atoms with Crippen molar-refractivity contribution in [3.8, 4) is 34.2 Å². The van der Waals surface area contributed by atoms with Crippen LogP contribution in [0.4, 0.5) is 30.8 Å². The first kappa shape index (κ1) is 122. The zero-order valence-corrected chi connectivity index (χ0v) is 68.0. The van der Waals surface area contributed by atoms with E-state index in [-0.39, 0.29) is 158 Å². The number of carboxylic acid groups (broad SMARTS) is 6. The van der Waals surface area contributed by atoms with Crippen LogP contribution in [0.2, 0.25) is 0 Å². The number of anilines is 6. The van der Waals surface area contributed by atoms with E-state index in [1.165, 1.54) is 215 Å². The van der Waals surface area contributed by atoms with Gasteiger partial charge in [0.25, 0.3) is 0 Å². The summed E-state index contributed by atoms with van der Waals surface area (Å²) in [6.07, 6.45) is 16.9. The Morgan fingerprint density at radius 1 is 0.229 bits per heavy atom. The van der Waals surface area contributed by atoms with E-state index in [2.05, 4.69) is 59.8 Å². The summed E-state index contributed by atoms with van der Waals surface area (Å²) in [5, 5.41) is 74.9. The van der Waals surface area contributed by atoms with Crippen molar-refractivity contribution in [3.63, 3.8) is 0 Å². The normalized spacial score (nSPS) is 8.11. The van der Waals surface area contributed by atoms with Crippen molar-refractivity contribution in [2.24, 2.45) is 0 Å². The topological polar surface area (TPSA) is 942 Å². The summed E-state index contributed by atoms with van der Waals surface area (Å²) in [7, 11) is 0. The minimum absolute atomic E-state index is 0. The molecule has 0 bridgehead atoms. The molecule has 105 heavy (non-hydrogen) atoms. The zero-order chi connectivity index (χ0) is 65.8. The SMILES string of the molecule is Nc1nc(-c2csc(N)n2)cs1.Nc1nc(-c2csc(N)n2)cs1.Nc1nc(-c2csc(N)n2)cs1.O.O.O.O.O=C([O-])c1ccncc1.O=C([O-])c1ccncc1.O=C([O-])c1ccncc1.O=C([O-])c1ccncc1.O=C([O-])c1ccncc1.O=C([O-])c1ccncc1.[OH3+].[OH3+].[OH3+].[OH3+].[OH3+].[OH3+].[OH3+].[OH3+].[Zn+2].[Zn+2].[Zn+2]. The first-order valence-corrected chi connectivity index (χ1v) is 29.3. The van der Waals surface area contributed by atoms with Crippen LogP contribution >= 0.6 is 68.0 Å². The van der Waals surface area contributed by atoms with E-state index in [0.717, 1.165) is 34.2 Å². The van der Waals surface area contributed by atoms with Crippen LogP contribution in [0.25, 0.3) is 34.2 Å². The molecule has 0 amide bonds. The second-order valence-electron chi connectivity index (χ2n) is 15.6. The van der Waals surface area contributed by atoms with E-state index in [9.17, 15) is 59.4 Å². The third kappa shape index (κ3) is 48.3. The van der Waals surface area contributed by atoms with Crippen LogP contribution in [0.3, 0.4) is 0 Å². The molecule has 558 valence electrons. The van der Waals surface area contributed by atoms with E-state index in [0.29, 0.717) is 30.8 Å².